The van der Waals surface area contributed by atoms with Gasteiger partial charge in [-0.05, 0) is 35.8 Å². The van der Waals surface area contributed by atoms with E-state index in [1.807, 2.05) is 38.1 Å². The first-order chi connectivity index (χ1) is 9.03. The SMILES string of the molecule is CC(C)C(=O)Cc1cccc(O[Si](C)(C)C(C)(C)C)c1. The van der Waals surface area contributed by atoms with Crippen LogP contribution in [0.15, 0.2) is 24.3 Å². The Labute approximate surface area is 124 Å². The highest BCUT2D eigenvalue weighted by Gasteiger charge is 2.38. The summed E-state index contributed by atoms with van der Waals surface area (Å²) in [5.41, 5.74) is 1.04. The highest BCUT2D eigenvalue weighted by atomic mass is 28.4. The van der Waals surface area contributed by atoms with Crippen molar-refractivity contribution in [2.45, 2.75) is 59.2 Å². The Balaban J connectivity index is 2.87. The molecule has 3 heteroatoms. The fourth-order valence-corrected chi connectivity index (χ4v) is 2.59. The van der Waals surface area contributed by atoms with E-state index in [2.05, 4.69) is 33.9 Å². The van der Waals surface area contributed by atoms with Crippen molar-refractivity contribution in [2.24, 2.45) is 5.92 Å². The lowest BCUT2D eigenvalue weighted by molar-refractivity contribution is -0.121. The summed E-state index contributed by atoms with van der Waals surface area (Å²) in [4.78, 5) is 11.8. The van der Waals surface area contributed by atoms with E-state index in [4.69, 9.17) is 4.43 Å². The predicted molar refractivity (Wildman–Crippen MR) is 87.8 cm³/mol. The molecule has 1 aromatic carbocycles. The molecule has 0 fully saturated rings. The number of hydrogen-bond acceptors (Lipinski definition) is 2. The second-order valence-electron chi connectivity index (χ2n) is 7.31. The van der Waals surface area contributed by atoms with Crippen LogP contribution in [0, 0.1) is 5.92 Å². The second-order valence-corrected chi connectivity index (χ2v) is 12.0. The van der Waals surface area contributed by atoms with Crippen molar-refractivity contribution < 1.29 is 9.22 Å². The van der Waals surface area contributed by atoms with Gasteiger partial charge < -0.3 is 4.43 Å². The lowest BCUT2D eigenvalue weighted by Crippen LogP contribution is -2.43. The first kappa shape index (κ1) is 17.0. The summed E-state index contributed by atoms with van der Waals surface area (Å²) in [7, 11) is -1.82. The van der Waals surface area contributed by atoms with E-state index < -0.39 is 8.32 Å². The maximum atomic E-state index is 11.8. The third-order valence-electron chi connectivity index (χ3n) is 4.10. The van der Waals surface area contributed by atoms with Crippen LogP contribution in [0.3, 0.4) is 0 Å². The molecule has 0 aliphatic rings. The fraction of sp³-hybridized carbons (Fsp3) is 0.588. The van der Waals surface area contributed by atoms with Crippen molar-refractivity contribution >= 4 is 14.1 Å². The Morgan fingerprint density at radius 1 is 1.25 bits per heavy atom. The molecule has 0 aliphatic heterocycles. The molecular weight excluding hydrogens is 264 g/mol. The van der Waals surface area contributed by atoms with Gasteiger partial charge in [-0.15, -0.1) is 0 Å². The minimum atomic E-state index is -1.82. The van der Waals surface area contributed by atoms with Gasteiger partial charge >= 0.3 is 0 Å². The molecule has 1 aromatic rings. The molecule has 0 bridgehead atoms. The molecule has 0 saturated heterocycles. The van der Waals surface area contributed by atoms with E-state index in [1.165, 1.54) is 0 Å². The van der Waals surface area contributed by atoms with Gasteiger partial charge in [0, 0.05) is 12.3 Å². The molecule has 20 heavy (non-hydrogen) atoms. The smallest absolute Gasteiger partial charge is 0.250 e. The van der Waals surface area contributed by atoms with Crippen LogP contribution >= 0.6 is 0 Å². The molecular formula is C17H28O2Si. The maximum absolute atomic E-state index is 11.8. The molecule has 0 unspecified atom stereocenters. The zero-order chi connectivity index (χ0) is 15.6. The summed E-state index contributed by atoms with van der Waals surface area (Å²) in [5.74, 6) is 1.25. The van der Waals surface area contributed by atoms with Gasteiger partial charge in [-0.2, -0.15) is 0 Å². The Hall–Kier alpha value is -1.09. The first-order valence-electron chi connectivity index (χ1n) is 7.33. The monoisotopic (exact) mass is 292 g/mol. The number of Topliss-reactive ketones (excluding diaryl/α,β-unsaturated/α-hetero) is 1. The average Bonchev–Trinajstić information content (AvgIpc) is 2.26. The summed E-state index contributed by atoms with van der Waals surface area (Å²) in [6, 6.07) is 7.98. The Morgan fingerprint density at radius 3 is 2.35 bits per heavy atom. The second kappa shape index (κ2) is 6.13. The van der Waals surface area contributed by atoms with Gasteiger partial charge in [-0.25, -0.2) is 0 Å². The van der Waals surface area contributed by atoms with Gasteiger partial charge in [0.1, 0.15) is 11.5 Å². The highest BCUT2D eigenvalue weighted by Crippen LogP contribution is 2.37. The third-order valence-corrected chi connectivity index (χ3v) is 8.46. The van der Waals surface area contributed by atoms with Crippen LogP contribution in [-0.2, 0) is 11.2 Å². The van der Waals surface area contributed by atoms with Gasteiger partial charge in [0.15, 0.2) is 0 Å². The van der Waals surface area contributed by atoms with Crippen LogP contribution < -0.4 is 4.43 Å². The summed E-state index contributed by atoms with van der Waals surface area (Å²) in [6.45, 7) is 15.0. The first-order valence-corrected chi connectivity index (χ1v) is 10.2. The zero-order valence-corrected chi connectivity index (χ0v) is 14.9. The molecule has 0 radical (unpaired) electrons. The van der Waals surface area contributed by atoms with Crippen molar-refractivity contribution in [1.82, 2.24) is 0 Å². The molecule has 0 atom stereocenters. The van der Waals surface area contributed by atoms with Gasteiger partial charge in [0.05, 0.1) is 0 Å². The minimum absolute atomic E-state index is 0.0833. The van der Waals surface area contributed by atoms with Crippen LogP contribution in [0.2, 0.25) is 18.1 Å². The third kappa shape index (κ3) is 4.48. The van der Waals surface area contributed by atoms with Gasteiger partial charge in [0.2, 0.25) is 8.32 Å². The standard InChI is InChI=1S/C17H28O2Si/c1-13(2)16(18)12-14-9-8-10-15(11-14)19-20(6,7)17(3,4)5/h8-11,13H,12H2,1-7H3. The van der Waals surface area contributed by atoms with E-state index in [0.717, 1.165) is 11.3 Å². The number of carbonyl (C=O) groups is 1. The molecule has 1 rings (SSSR count). The molecule has 0 aromatic heterocycles. The molecule has 0 N–H and O–H groups in total. The van der Waals surface area contributed by atoms with Crippen molar-refractivity contribution in [1.29, 1.82) is 0 Å². The van der Waals surface area contributed by atoms with E-state index in [-0.39, 0.29) is 16.7 Å². The number of hydrogen-bond donors (Lipinski definition) is 0. The van der Waals surface area contributed by atoms with E-state index >= 15 is 0 Å². The van der Waals surface area contributed by atoms with Crippen LogP contribution in [0.1, 0.15) is 40.2 Å². The van der Waals surface area contributed by atoms with Gasteiger partial charge in [0.25, 0.3) is 0 Å². The number of rotatable bonds is 5. The van der Waals surface area contributed by atoms with Crippen molar-refractivity contribution in [3.8, 4) is 5.75 Å². The van der Waals surface area contributed by atoms with E-state index in [9.17, 15) is 4.79 Å². The Bertz CT molecular complexity index is 470. The number of benzene rings is 1. The minimum Gasteiger partial charge on any atom is -0.543 e. The Kier molecular flexibility index (Phi) is 5.19. The van der Waals surface area contributed by atoms with E-state index in [0.29, 0.717) is 6.42 Å². The largest absolute Gasteiger partial charge is 0.543 e. The van der Waals surface area contributed by atoms with Crippen molar-refractivity contribution in [3.63, 3.8) is 0 Å². The molecule has 0 heterocycles. The van der Waals surface area contributed by atoms with Crippen molar-refractivity contribution in [2.75, 3.05) is 0 Å². The molecule has 0 spiro atoms. The number of ketones is 1. The Morgan fingerprint density at radius 2 is 1.85 bits per heavy atom. The summed E-state index contributed by atoms with van der Waals surface area (Å²) in [5, 5.41) is 0.177. The van der Waals surface area contributed by atoms with Crippen LogP contribution in [0.4, 0.5) is 0 Å². The van der Waals surface area contributed by atoms with Crippen LogP contribution in [0.25, 0.3) is 0 Å². The van der Waals surface area contributed by atoms with Crippen molar-refractivity contribution in [3.05, 3.63) is 29.8 Å². The zero-order valence-electron chi connectivity index (χ0n) is 13.9. The quantitative estimate of drug-likeness (QED) is 0.726. The molecule has 0 aliphatic carbocycles. The van der Waals surface area contributed by atoms with Gasteiger partial charge in [-0.1, -0.05) is 46.8 Å². The molecule has 2 nitrogen and oxygen atoms in total. The average molecular weight is 292 g/mol. The maximum Gasteiger partial charge on any atom is 0.250 e. The molecule has 112 valence electrons. The van der Waals surface area contributed by atoms with E-state index in [1.54, 1.807) is 0 Å². The number of carbonyl (C=O) groups excluding carboxylic acids is 1. The van der Waals surface area contributed by atoms with Crippen LogP contribution in [0.5, 0.6) is 5.75 Å². The summed E-state index contributed by atoms with van der Waals surface area (Å²) < 4.78 is 6.28. The van der Waals surface area contributed by atoms with Gasteiger partial charge in [-0.3, -0.25) is 4.79 Å². The molecule has 0 saturated carbocycles. The van der Waals surface area contributed by atoms with Crippen LogP contribution in [-0.4, -0.2) is 14.1 Å². The normalized spacial score (nSPS) is 12.6. The lowest BCUT2D eigenvalue weighted by Gasteiger charge is -2.36. The summed E-state index contributed by atoms with van der Waals surface area (Å²) >= 11 is 0. The predicted octanol–water partition coefficient (Wildman–Crippen LogP) is 4.84. The summed E-state index contributed by atoms with van der Waals surface area (Å²) in [6.07, 6.45) is 0.492. The topological polar surface area (TPSA) is 26.3 Å². The highest BCUT2D eigenvalue weighted by molar-refractivity contribution is 6.74. The lowest BCUT2D eigenvalue weighted by atomic mass is 10.0. The fourth-order valence-electron chi connectivity index (χ4n) is 1.57. The molecule has 0 amide bonds.